The molecule has 0 aliphatic heterocycles. The lowest BCUT2D eigenvalue weighted by Gasteiger charge is -2.17. The standard InChI is InChI=1S/C16H17ClN4OS/c1-16(2,3)13-12(23-8-18-13)14(22)20-15-19-10-7-9(17)5-6-11(10)21(15)4/h5-8H,1-4H3,(H,19,20,22). The molecular formula is C16H17ClN4OS. The number of anilines is 1. The van der Waals surface area contributed by atoms with Crippen LogP contribution in [0.15, 0.2) is 23.7 Å². The summed E-state index contributed by atoms with van der Waals surface area (Å²) in [5.74, 6) is 0.294. The minimum atomic E-state index is -0.193. The number of carbonyl (C=O) groups excluding carboxylic acids is 1. The summed E-state index contributed by atoms with van der Waals surface area (Å²) in [5.41, 5.74) is 3.96. The van der Waals surface area contributed by atoms with Crippen LogP contribution in [0.1, 0.15) is 36.1 Å². The van der Waals surface area contributed by atoms with Crippen LogP contribution in [0.3, 0.4) is 0 Å². The van der Waals surface area contributed by atoms with Crippen LogP contribution in [0.2, 0.25) is 5.02 Å². The summed E-state index contributed by atoms with van der Waals surface area (Å²) in [6.45, 7) is 6.11. The highest BCUT2D eigenvalue weighted by molar-refractivity contribution is 7.12. The predicted octanol–water partition coefficient (Wildman–Crippen LogP) is 4.23. The number of imidazole rings is 1. The fourth-order valence-corrected chi connectivity index (χ4v) is 3.44. The highest BCUT2D eigenvalue weighted by atomic mass is 35.5. The molecule has 2 aromatic heterocycles. The number of hydrogen-bond acceptors (Lipinski definition) is 4. The van der Waals surface area contributed by atoms with Crippen LogP contribution < -0.4 is 5.32 Å². The summed E-state index contributed by atoms with van der Waals surface area (Å²) in [5, 5.41) is 3.49. The number of nitrogens with one attached hydrogen (secondary N) is 1. The van der Waals surface area contributed by atoms with Gasteiger partial charge in [0.2, 0.25) is 5.95 Å². The molecule has 5 nitrogen and oxygen atoms in total. The first-order chi connectivity index (χ1) is 10.8. The number of amides is 1. The fraction of sp³-hybridized carbons (Fsp3) is 0.312. The molecule has 0 fully saturated rings. The Morgan fingerprint density at radius 1 is 1.35 bits per heavy atom. The molecule has 120 valence electrons. The number of aromatic nitrogens is 3. The number of halogens is 1. The predicted molar refractivity (Wildman–Crippen MR) is 94.5 cm³/mol. The molecule has 0 aliphatic carbocycles. The van der Waals surface area contributed by atoms with E-state index in [-0.39, 0.29) is 11.3 Å². The van der Waals surface area contributed by atoms with Crippen LogP contribution in [-0.2, 0) is 12.5 Å². The van der Waals surface area contributed by atoms with Crippen molar-refractivity contribution in [2.45, 2.75) is 26.2 Å². The molecule has 0 saturated carbocycles. The van der Waals surface area contributed by atoms with E-state index in [2.05, 4.69) is 15.3 Å². The second-order valence-corrected chi connectivity index (χ2v) is 7.65. The van der Waals surface area contributed by atoms with Gasteiger partial charge in [-0.05, 0) is 18.2 Å². The molecule has 3 aromatic rings. The minimum Gasteiger partial charge on any atom is -0.313 e. The van der Waals surface area contributed by atoms with Crippen molar-refractivity contribution in [1.82, 2.24) is 14.5 Å². The number of aryl methyl sites for hydroxylation is 1. The van der Waals surface area contributed by atoms with E-state index in [0.717, 1.165) is 16.7 Å². The molecule has 7 heteroatoms. The van der Waals surface area contributed by atoms with E-state index in [0.29, 0.717) is 15.8 Å². The summed E-state index contributed by atoms with van der Waals surface area (Å²) < 4.78 is 1.83. The molecule has 1 amide bonds. The van der Waals surface area contributed by atoms with Gasteiger partial charge in [0.05, 0.1) is 22.2 Å². The average Bonchev–Trinajstić information content (AvgIpc) is 3.04. The Hall–Kier alpha value is -1.92. The zero-order chi connectivity index (χ0) is 16.8. The van der Waals surface area contributed by atoms with Crippen LogP contribution in [0.5, 0.6) is 0 Å². The van der Waals surface area contributed by atoms with Gasteiger partial charge in [-0.3, -0.25) is 10.1 Å². The van der Waals surface area contributed by atoms with Crippen molar-refractivity contribution in [2.24, 2.45) is 7.05 Å². The second-order valence-electron chi connectivity index (χ2n) is 6.36. The van der Waals surface area contributed by atoms with Gasteiger partial charge in [-0.25, -0.2) is 9.97 Å². The molecule has 0 atom stereocenters. The van der Waals surface area contributed by atoms with Crippen molar-refractivity contribution >= 4 is 45.8 Å². The Morgan fingerprint density at radius 2 is 2.09 bits per heavy atom. The molecule has 0 saturated heterocycles. The molecule has 0 bridgehead atoms. The molecule has 1 aromatic carbocycles. The molecule has 1 N–H and O–H groups in total. The molecule has 0 aliphatic rings. The van der Waals surface area contributed by atoms with Gasteiger partial charge >= 0.3 is 0 Å². The van der Waals surface area contributed by atoms with Gasteiger partial charge in [-0.1, -0.05) is 32.4 Å². The van der Waals surface area contributed by atoms with Crippen LogP contribution >= 0.6 is 22.9 Å². The Morgan fingerprint density at radius 3 is 2.78 bits per heavy atom. The largest absolute Gasteiger partial charge is 0.313 e. The van der Waals surface area contributed by atoms with E-state index < -0.39 is 0 Å². The van der Waals surface area contributed by atoms with Crippen molar-refractivity contribution < 1.29 is 4.79 Å². The van der Waals surface area contributed by atoms with Gasteiger partial charge in [0, 0.05) is 17.5 Å². The number of carbonyl (C=O) groups is 1. The number of benzene rings is 1. The maximum atomic E-state index is 12.6. The molecular weight excluding hydrogens is 332 g/mol. The van der Waals surface area contributed by atoms with Gasteiger partial charge in [0.15, 0.2) is 0 Å². The van der Waals surface area contributed by atoms with Crippen molar-refractivity contribution in [2.75, 3.05) is 5.32 Å². The van der Waals surface area contributed by atoms with Crippen LogP contribution in [0.4, 0.5) is 5.95 Å². The highest BCUT2D eigenvalue weighted by Gasteiger charge is 2.25. The van der Waals surface area contributed by atoms with E-state index in [1.54, 1.807) is 17.6 Å². The van der Waals surface area contributed by atoms with E-state index in [9.17, 15) is 4.79 Å². The smallest absolute Gasteiger partial charge is 0.269 e. The van der Waals surface area contributed by atoms with Gasteiger partial charge in [-0.2, -0.15) is 0 Å². The van der Waals surface area contributed by atoms with E-state index in [4.69, 9.17) is 11.6 Å². The van der Waals surface area contributed by atoms with Crippen molar-refractivity contribution in [3.8, 4) is 0 Å². The molecule has 2 heterocycles. The van der Waals surface area contributed by atoms with Crippen LogP contribution in [-0.4, -0.2) is 20.4 Å². The van der Waals surface area contributed by atoms with Gasteiger partial charge in [-0.15, -0.1) is 11.3 Å². The zero-order valence-corrected chi connectivity index (χ0v) is 14.9. The van der Waals surface area contributed by atoms with E-state index >= 15 is 0 Å². The molecule has 0 radical (unpaired) electrons. The number of hydrogen-bond donors (Lipinski definition) is 1. The Labute approximate surface area is 143 Å². The van der Waals surface area contributed by atoms with Gasteiger partial charge < -0.3 is 4.57 Å². The molecule has 3 rings (SSSR count). The summed E-state index contributed by atoms with van der Waals surface area (Å²) >= 11 is 7.33. The van der Waals surface area contributed by atoms with E-state index in [1.165, 1.54) is 11.3 Å². The number of fused-ring (bicyclic) bond motifs is 1. The van der Waals surface area contributed by atoms with Crippen molar-refractivity contribution in [3.63, 3.8) is 0 Å². The number of rotatable bonds is 2. The average molecular weight is 349 g/mol. The second kappa shape index (κ2) is 5.62. The zero-order valence-electron chi connectivity index (χ0n) is 13.3. The Kier molecular flexibility index (Phi) is 3.90. The first kappa shape index (κ1) is 16.0. The van der Waals surface area contributed by atoms with Crippen molar-refractivity contribution in [3.05, 3.63) is 39.3 Å². The summed E-state index contributed by atoms with van der Waals surface area (Å²) in [4.78, 5) is 22.0. The lowest BCUT2D eigenvalue weighted by Crippen LogP contribution is -2.20. The number of nitrogens with zero attached hydrogens (tertiary/aromatic N) is 3. The SMILES string of the molecule is Cn1c(NC(=O)c2scnc2C(C)(C)C)nc2cc(Cl)ccc21. The van der Waals surface area contributed by atoms with Crippen LogP contribution in [0, 0.1) is 0 Å². The normalized spacial score (nSPS) is 11.9. The van der Waals surface area contributed by atoms with E-state index in [1.807, 2.05) is 38.5 Å². The fourth-order valence-electron chi connectivity index (χ4n) is 2.38. The first-order valence-electron chi connectivity index (χ1n) is 7.14. The third kappa shape index (κ3) is 2.96. The lowest BCUT2D eigenvalue weighted by molar-refractivity contribution is 0.102. The summed E-state index contributed by atoms with van der Waals surface area (Å²) in [7, 11) is 1.86. The lowest BCUT2D eigenvalue weighted by atomic mass is 9.91. The first-order valence-corrected chi connectivity index (χ1v) is 8.40. The third-order valence-electron chi connectivity index (χ3n) is 3.55. The maximum absolute atomic E-state index is 12.6. The summed E-state index contributed by atoms with van der Waals surface area (Å²) in [6.07, 6.45) is 0. The van der Waals surface area contributed by atoms with Gasteiger partial charge in [0.25, 0.3) is 5.91 Å². The number of thiazole rings is 1. The third-order valence-corrected chi connectivity index (χ3v) is 4.61. The highest BCUT2D eigenvalue weighted by Crippen LogP contribution is 2.28. The van der Waals surface area contributed by atoms with Crippen molar-refractivity contribution in [1.29, 1.82) is 0 Å². The maximum Gasteiger partial charge on any atom is 0.269 e. The molecule has 0 unspecified atom stereocenters. The molecule has 23 heavy (non-hydrogen) atoms. The minimum absolute atomic E-state index is 0.188. The monoisotopic (exact) mass is 348 g/mol. The molecule has 0 spiro atoms. The quantitative estimate of drug-likeness (QED) is 0.753. The van der Waals surface area contributed by atoms with Gasteiger partial charge in [0.1, 0.15) is 4.88 Å². The van der Waals surface area contributed by atoms with Crippen LogP contribution in [0.25, 0.3) is 11.0 Å². The summed E-state index contributed by atoms with van der Waals surface area (Å²) in [6, 6.07) is 5.46. The Bertz CT molecular complexity index is 891. The topological polar surface area (TPSA) is 59.8 Å². The Balaban J connectivity index is 1.95.